The fraction of sp³-hybridized carbons (Fsp3) is 1.00. The number of unbranched alkanes of at least 4 members (excludes halogenated alkanes) is 13. The summed E-state index contributed by atoms with van der Waals surface area (Å²) in [5.74, 6) is 0. The van der Waals surface area contributed by atoms with Crippen LogP contribution in [0.3, 0.4) is 0 Å². The standard InChI is InChI=1S/C21H46N2O/c1-4-5-6-7-8-9-10-11-12-13-14-15-16-17-19-22-20-18-21-23(2,3)24/h22H,4-21H2,1-3H3. The molecule has 0 saturated heterocycles. The molecule has 0 unspecified atom stereocenters. The van der Waals surface area contributed by atoms with Gasteiger partial charge in [0, 0.05) is 13.0 Å². The Bertz CT molecular complexity index is 238. The molecule has 1 N–H and O–H groups in total. The molecule has 24 heavy (non-hydrogen) atoms. The monoisotopic (exact) mass is 342 g/mol. The van der Waals surface area contributed by atoms with Gasteiger partial charge in [-0.2, -0.15) is 0 Å². The first-order chi connectivity index (χ1) is 11.6. The first kappa shape index (κ1) is 23.9. The minimum atomic E-state index is -0.166. The molecule has 0 aliphatic heterocycles. The van der Waals surface area contributed by atoms with E-state index in [0.717, 1.165) is 19.5 Å². The Morgan fingerprint density at radius 3 is 1.38 bits per heavy atom. The van der Waals surface area contributed by atoms with Crippen molar-refractivity contribution < 1.29 is 4.65 Å². The van der Waals surface area contributed by atoms with Crippen molar-refractivity contribution in [2.45, 2.75) is 103 Å². The number of rotatable bonds is 19. The highest BCUT2D eigenvalue weighted by Crippen LogP contribution is 2.12. The normalized spacial score (nSPS) is 12.0. The number of hydrogen-bond acceptors (Lipinski definition) is 2. The molecular formula is C21H46N2O. The molecule has 0 aliphatic carbocycles. The van der Waals surface area contributed by atoms with E-state index in [2.05, 4.69) is 12.2 Å². The van der Waals surface area contributed by atoms with Gasteiger partial charge in [0.25, 0.3) is 0 Å². The zero-order valence-electron chi connectivity index (χ0n) is 17.1. The van der Waals surface area contributed by atoms with Crippen molar-refractivity contribution in [1.29, 1.82) is 0 Å². The molecule has 0 spiro atoms. The summed E-state index contributed by atoms with van der Waals surface area (Å²) >= 11 is 0. The highest BCUT2D eigenvalue weighted by atomic mass is 16.5. The summed E-state index contributed by atoms with van der Waals surface area (Å²) in [7, 11) is 3.43. The summed E-state index contributed by atoms with van der Waals surface area (Å²) in [5, 5.41) is 14.8. The summed E-state index contributed by atoms with van der Waals surface area (Å²) in [6, 6.07) is 0. The molecule has 3 nitrogen and oxygen atoms in total. The quantitative estimate of drug-likeness (QED) is 0.177. The van der Waals surface area contributed by atoms with Gasteiger partial charge in [-0.3, -0.25) is 0 Å². The number of quaternary nitrogens is 1. The van der Waals surface area contributed by atoms with Crippen LogP contribution in [0.4, 0.5) is 0 Å². The zero-order chi connectivity index (χ0) is 17.9. The van der Waals surface area contributed by atoms with E-state index in [-0.39, 0.29) is 4.65 Å². The molecule has 0 aromatic rings. The van der Waals surface area contributed by atoms with E-state index in [0.29, 0.717) is 6.54 Å². The van der Waals surface area contributed by atoms with Crippen LogP contribution >= 0.6 is 0 Å². The first-order valence-corrected chi connectivity index (χ1v) is 10.8. The lowest BCUT2D eigenvalue weighted by Gasteiger charge is -2.33. The van der Waals surface area contributed by atoms with E-state index in [1.807, 2.05) is 0 Å². The van der Waals surface area contributed by atoms with Gasteiger partial charge in [-0.15, -0.1) is 0 Å². The van der Waals surface area contributed by atoms with E-state index in [9.17, 15) is 5.21 Å². The van der Waals surface area contributed by atoms with E-state index in [4.69, 9.17) is 0 Å². The molecule has 0 radical (unpaired) electrons. The van der Waals surface area contributed by atoms with Crippen molar-refractivity contribution in [3.05, 3.63) is 5.21 Å². The molecule has 0 aliphatic rings. The van der Waals surface area contributed by atoms with E-state index in [1.165, 1.54) is 89.9 Å². The third kappa shape index (κ3) is 21.9. The van der Waals surface area contributed by atoms with Gasteiger partial charge in [-0.05, 0) is 13.0 Å². The predicted molar refractivity (Wildman–Crippen MR) is 108 cm³/mol. The Hall–Kier alpha value is -0.120. The first-order valence-electron chi connectivity index (χ1n) is 10.8. The van der Waals surface area contributed by atoms with Gasteiger partial charge in [0.2, 0.25) is 0 Å². The Morgan fingerprint density at radius 2 is 0.958 bits per heavy atom. The van der Waals surface area contributed by atoms with Crippen molar-refractivity contribution in [1.82, 2.24) is 5.32 Å². The van der Waals surface area contributed by atoms with E-state index < -0.39 is 0 Å². The maximum atomic E-state index is 11.4. The lowest BCUT2D eigenvalue weighted by atomic mass is 10.0. The van der Waals surface area contributed by atoms with Crippen molar-refractivity contribution in [3.8, 4) is 0 Å². The second-order valence-corrected chi connectivity index (χ2v) is 8.00. The molecule has 0 saturated carbocycles. The Morgan fingerprint density at radius 1 is 0.583 bits per heavy atom. The predicted octanol–water partition coefficient (Wildman–Crippen LogP) is 6.02. The number of hydroxylamine groups is 3. The van der Waals surface area contributed by atoms with Gasteiger partial charge in [-0.25, -0.2) is 0 Å². The smallest absolute Gasteiger partial charge is 0.0792 e. The lowest BCUT2D eigenvalue weighted by Crippen LogP contribution is -2.34. The van der Waals surface area contributed by atoms with Gasteiger partial charge in [0.15, 0.2) is 0 Å². The van der Waals surface area contributed by atoms with Gasteiger partial charge < -0.3 is 15.2 Å². The van der Waals surface area contributed by atoms with Crippen LogP contribution in [0.5, 0.6) is 0 Å². The molecule has 0 fully saturated rings. The Labute approximate surface area is 152 Å². The molecule has 0 bridgehead atoms. The van der Waals surface area contributed by atoms with Crippen LogP contribution in [-0.2, 0) is 0 Å². The molecule has 0 aromatic carbocycles. The number of nitrogens with zero attached hydrogens (tertiary/aromatic N) is 1. The summed E-state index contributed by atoms with van der Waals surface area (Å²) in [6.45, 7) is 5.10. The van der Waals surface area contributed by atoms with Crippen molar-refractivity contribution in [3.63, 3.8) is 0 Å². The van der Waals surface area contributed by atoms with Gasteiger partial charge in [0.05, 0.1) is 20.6 Å². The maximum absolute atomic E-state index is 11.4. The van der Waals surface area contributed by atoms with Crippen LogP contribution in [0.2, 0.25) is 0 Å². The molecule has 0 rings (SSSR count). The van der Waals surface area contributed by atoms with Crippen LogP contribution < -0.4 is 5.32 Å². The molecule has 146 valence electrons. The molecule has 0 aromatic heterocycles. The molecule has 0 heterocycles. The topological polar surface area (TPSA) is 35.1 Å². The van der Waals surface area contributed by atoms with Crippen molar-refractivity contribution in [2.75, 3.05) is 33.7 Å². The van der Waals surface area contributed by atoms with Crippen molar-refractivity contribution >= 4 is 0 Å². The summed E-state index contributed by atoms with van der Waals surface area (Å²) in [5.41, 5.74) is 0. The second kappa shape index (κ2) is 17.7. The summed E-state index contributed by atoms with van der Waals surface area (Å²) < 4.78 is -0.166. The summed E-state index contributed by atoms with van der Waals surface area (Å²) in [6.07, 6.45) is 20.8. The van der Waals surface area contributed by atoms with Crippen molar-refractivity contribution in [2.24, 2.45) is 0 Å². The second-order valence-electron chi connectivity index (χ2n) is 8.00. The minimum Gasteiger partial charge on any atom is -0.633 e. The average molecular weight is 343 g/mol. The van der Waals surface area contributed by atoms with Gasteiger partial charge >= 0.3 is 0 Å². The van der Waals surface area contributed by atoms with E-state index >= 15 is 0 Å². The fourth-order valence-electron chi connectivity index (χ4n) is 3.15. The zero-order valence-corrected chi connectivity index (χ0v) is 17.1. The molecule has 0 amide bonds. The largest absolute Gasteiger partial charge is 0.633 e. The van der Waals surface area contributed by atoms with E-state index in [1.54, 1.807) is 14.1 Å². The average Bonchev–Trinajstić information content (AvgIpc) is 2.52. The van der Waals surface area contributed by atoms with Crippen LogP contribution in [0, 0.1) is 5.21 Å². The van der Waals surface area contributed by atoms with Gasteiger partial charge in [-0.1, -0.05) is 90.4 Å². The highest BCUT2D eigenvalue weighted by Gasteiger charge is 2.00. The molecule has 0 atom stereocenters. The summed E-state index contributed by atoms with van der Waals surface area (Å²) in [4.78, 5) is 0. The highest BCUT2D eigenvalue weighted by molar-refractivity contribution is 4.52. The lowest BCUT2D eigenvalue weighted by molar-refractivity contribution is -0.840. The number of nitrogens with one attached hydrogen (secondary N) is 1. The SMILES string of the molecule is CCCCCCCCCCCCCCCCNCCC[N+](C)(C)[O-]. The third-order valence-corrected chi connectivity index (χ3v) is 4.76. The Balaban J connectivity index is 3.00. The molecule has 3 heteroatoms. The number of hydrogen-bond donors (Lipinski definition) is 1. The Kier molecular flexibility index (Phi) is 17.6. The fourth-order valence-corrected chi connectivity index (χ4v) is 3.15. The molecular weight excluding hydrogens is 296 g/mol. The maximum Gasteiger partial charge on any atom is 0.0792 e. The third-order valence-electron chi connectivity index (χ3n) is 4.76. The van der Waals surface area contributed by atoms with Crippen LogP contribution in [-0.4, -0.2) is 38.4 Å². The van der Waals surface area contributed by atoms with Crippen LogP contribution in [0.1, 0.15) is 103 Å². The van der Waals surface area contributed by atoms with Crippen LogP contribution in [0.15, 0.2) is 0 Å². The minimum absolute atomic E-state index is 0.166. The van der Waals surface area contributed by atoms with Gasteiger partial charge in [0.1, 0.15) is 0 Å². The van der Waals surface area contributed by atoms with Crippen LogP contribution in [0.25, 0.3) is 0 Å².